The molecule has 3 heteroatoms. The van der Waals surface area contributed by atoms with Gasteiger partial charge in [0.05, 0.1) is 11.4 Å². The average Bonchev–Trinajstić information content (AvgIpc) is 2.09. The second-order valence-corrected chi connectivity index (χ2v) is 4.83. The van der Waals surface area contributed by atoms with E-state index in [-0.39, 0.29) is 0 Å². The van der Waals surface area contributed by atoms with E-state index in [1.54, 1.807) is 0 Å². The van der Waals surface area contributed by atoms with Crippen LogP contribution in [0.2, 0.25) is 0 Å². The Morgan fingerprint density at radius 3 is 2.50 bits per heavy atom. The van der Waals surface area contributed by atoms with Crippen molar-refractivity contribution < 1.29 is 0 Å². The van der Waals surface area contributed by atoms with E-state index in [4.69, 9.17) is 5.73 Å². The molecule has 0 spiro atoms. The molecule has 2 N–H and O–H groups in total. The average molecular weight is 304 g/mol. The quantitative estimate of drug-likeness (QED) is 0.687. The first-order chi connectivity index (χ1) is 6.56. The van der Waals surface area contributed by atoms with Crippen molar-refractivity contribution in [2.45, 2.75) is 26.8 Å². The minimum absolute atomic E-state index is 0.488. The Kier molecular flexibility index (Phi) is 4.04. The summed E-state index contributed by atoms with van der Waals surface area (Å²) in [5, 5.41) is 0. The van der Waals surface area contributed by atoms with Gasteiger partial charge in [0.25, 0.3) is 0 Å². The lowest BCUT2D eigenvalue weighted by molar-refractivity contribution is 0.705. The van der Waals surface area contributed by atoms with Crippen molar-refractivity contribution >= 4 is 34.0 Å². The van der Waals surface area contributed by atoms with Crippen molar-refractivity contribution in [3.63, 3.8) is 0 Å². The summed E-state index contributed by atoms with van der Waals surface area (Å²) in [6.45, 7) is 7.50. The maximum atomic E-state index is 5.99. The molecule has 0 saturated heterocycles. The molecule has 0 atom stereocenters. The van der Waals surface area contributed by atoms with Crippen LogP contribution in [0.25, 0.3) is 0 Å². The summed E-state index contributed by atoms with van der Waals surface area (Å²) >= 11 is 2.28. The molecule has 0 bridgehead atoms. The van der Waals surface area contributed by atoms with Crippen LogP contribution in [-0.4, -0.2) is 12.6 Å². The van der Waals surface area contributed by atoms with Gasteiger partial charge in [-0.1, -0.05) is 0 Å². The van der Waals surface area contributed by atoms with Crippen LogP contribution in [0.4, 0.5) is 11.4 Å². The normalized spacial score (nSPS) is 10.6. The monoisotopic (exact) mass is 304 g/mol. The van der Waals surface area contributed by atoms with E-state index in [0.29, 0.717) is 6.04 Å². The zero-order valence-corrected chi connectivity index (χ0v) is 11.1. The fourth-order valence-corrected chi connectivity index (χ4v) is 2.12. The van der Waals surface area contributed by atoms with Crippen LogP contribution in [0.1, 0.15) is 20.8 Å². The van der Waals surface area contributed by atoms with Gasteiger partial charge in [-0.3, -0.25) is 0 Å². The molecule has 14 heavy (non-hydrogen) atoms. The third-order valence-corrected chi connectivity index (χ3v) is 2.93. The van der Waals surface area contributed by atoms with Crippen LogP contribution >= 0.6 is 22.6 Å². The lowest BCUT2D eigenvalue weighted by Crippen LogP contribution is -2.30. The predicted octanol–water partition coefficient (Wildman–Crippen LogP) is 3.11. The smallest absolute Gasteiger partial charge is 0.0602 e. The minimum Gasteiger partial charge on any atom is -0.397 e. The first-order valence-electron chi connectivity index (χ1n) is 4.88. The molecule has 0 amide bonds. The third-order valence-electron chi connectivity index (χ3n) is 2.26. The maximum absolute atomic E-state index is 5.99. The van der Waals surface area contributed by atoms with Crippen LogP contribution in [-0.2, 0) is 0 Å². The number of anilines is 2. The van der Waals surface area contributed by atoms with E-state index >= 15 is 0 Å². The highest BCUT2D eigenvalue weighted by Crippen LogP contribution is 2.26. The number of hydrogen-bond acceptors (Lipinski definition) is 2. The summed E-state index contributed by atoms with van der Waals surface area (Å²) in [6, 6.07) is 6.70. The van der Waals surface area contributed by atoms with Gasteiger partial charge in [-0.2, -0.15) is 0 Å². The third kappa shape index (κ3) is 2.53. The van der Waals surface area contributed by atoms with Crippen LogP contribution in [0.15, 0.2) is 18.2 Å². The SMILES string of the molecule is CCN(c1ccc(I)cc1N)C(C)C. The highest BCUT2D eigenvalue weighted by Gasteiger charge is 2.10. The summed E-state index contributed by atoms with van der Waals surface area (Å²) in [5.41, 5.74) is 8.00. The van der Waals surface area contributed by atoms with Crippen molar-refractivity contribution in [1.82, 2.24) is 0 Å². The van der Waals surface area contributed by atoms with Gasteiger partial charge in [0.15, 0.2) is 0 Å². The van der Waals surface area contributed by atoms with Crippen molar-refractivity contribution in [1.29, 1.82) is 0 Å². The van der Waals surface area contributed by atoms with Crippen molar-refractivity contribution in [2.75, 3.05) is 17.2 Å². The topological polar surface area (TPSA) is 29.3 Å². The number of halogens is 1. The molecule has 0 aliphatic heterocycles. The molecule has 0 aliphatic carbocycles. The Bertz CT molecular complexity index is 310. The molecular formula is C11H17IN2. The summed E-state index contributed by atoms with van der Waals surface area (Å²) in [5.74, 6) is 0. The van der Waals surface area contributed by atoms with Crippen molar-refractivity contribution in [3.8, 4) is 0 Å². The van der Waals surface area contributed by atoms with Gasteiger partial charge in [-0.15, -0.1) is 0 Å². The molecule has 2 nitrogen and oxygen atoms in total. The van der Waals surface area contributed by atoms with Gasteiger partial charge < -0.3 is 10.6 Å². The van der Waals surface area contributed by atoms with Crippen molar-refractivity contribution in [2.24, 2.45) is 0 Å². The van der Waals surface area contributed by atoms with Crippen LogP contribution in [0.3, 0.4) is 0 Å². The molecule has 78 valence electrons. The summed E-state index contributed by atoms with van der Waals surface area (Å²) in [4.78, 5) is 2.30. The molecule has 0 unspecified atom stereocenters. The fraction of sp³-hybridized carbons (Fsp3) is 0.455. The Balaban J connectivity index is 3.04. The Morgan fingerprint density at radius 2 is 2.07 bits per heavy atom. The largest absolute Gasteiger partial charge is 0.397 e. The Hall–Kier alpha value is -0.450. The number of benzene rings is 1. The number of nitrogens with zero attached hydrogens (tertiary/aromatic N) is 1. The zero-order chi connectivity index (χ0) is 10.7. The molecule has 1 rings (SSSR count). The van der Waals surface area contributed by atoms with Crippen molar-refractivity contribution in [3.05, 3.63) is 21.8 Å². The molecule has 0 aromatic heterocycles. The first-order valence-corrected chi connectivity index (χ1v) is 5.95. The fourth-order valence-electron chi connectivity index (χ4n) is 1.60. The molecule has 1 aromatic rings. The van der Waals surface area contributed by atoms with Crippen LogP contribution in [0, 0.1) is 3.57 Å². The number of nitrogens with two attached hydrogens (primary N) is 1. The molecule has 0 aliphatic rings. The van der Waals surface area contributed by atoms with E-state index in [2.05, 4.69) is 60.4 Å². The number of nitrogen functional groups attached to an aromatic ring is 1. The molecule has 0 radical (unpaired) electrons. The second kappa shape index (κ2) is 4.87. The van der Waals surface area contributed by atoms with Gasteiger partial charge >= 0.3 is 0 Å². The number of rotatable bonds is 3. The lowest BCUT2D eigenvalue weighted by atomic mass is 10.2. The predicted molar refractivity (Wildman–Crippen MR) is 71.7 cm³/mol. The highest BCUT2D eigenvalue weighted by atomic mass is 127. The van der Waals surface area contributed by atoms with Gasteiger partial charge in [0.1, 0.15) is 0 Å². The molecule has 0 fully saturated rings. The standard InChI is InChI=1S/C11H17IN2/c1-4-14(8(2)3)11-6-5-9(12)7-10(11)13/h5-8H,4,13H2,1-3H3. The van der Waals surface area contributed by atoms with E-state index in [0.717, 1.165) is 17.9 Å². The molecular weight excluding hydrogens is 287 g/mol. The van der Waals surface area contributed by atoms with E-state index in [1.165, 1.54) is 3.57 Å². The summed E-state index contributed by atoms with van der Waals surface area (Å²) in [6.07, 6.45) is 0. The van der Waals surface area contributed by atoms with E-state index < -0.39 is 0 Å². The van der Waals surface area contributed by atoms with Crippen LogP contribution in [0.5, 0.6) is 0 Å². The highest BCUT2D eigenvalue weighted by molar-refractivity contribution is 14.1. The Labute approximate surface area is 99.6 Å². The van der Waals surface area contributed by atoms with Gasteiger partial charge in [0, 0.05) is 16.2 Å². The van der Waals surface area contributed by atoms with Crippen LogP contribution < -0.4 is 10.6 Å². The molecule has 0 saturated carbocycles. The molecule has 0 heterocycles. The van der Waals surface area contributed by atoms with E-state index in [1.807, 2.05) is 6.07 Å². The van der Waals surface area contributed by atoms with Gasteiger partial charge in [-0.25, -0.2) is 0 Å². The minimum atomic E-state index is 0.488. The summed E-state index contributed by atoms with van der Waals surface area (Å²) in [7, 11) is 0. The molecule has 1 aromatic carbocycles. The van der Waals surface area contributed by atoms with Gasteiger partial charge in [-0.05, 0) is 61.6 Å². The Morgan fingerprint density at radius 1 is 1.43 bits per heavy atom. The lowest BCUT2D eigenvalue weighted by Gasteiger charge is -2.28. The van der Waals surface area contributed by atoms with Gasteiger partial charge in [0.2, 0.25) is 0 Å². The second-order valence-electron chi connectivity index (χ2n) is 3.58. The zero-order valence-electron chi connectivity index (χ0n) is 8.92. The summed E-state index contributed by atoms with van der Waals surface area (Å²) < 4.78 is 1.18. The number of hydrogen-bond donors (Lipinski definition) is 1. The van der Waals surface area contributed by atoms with E-state index in [9.17, 15) is 0 Å². The maximum Gasteiger partial charge on any atom is 0.0602 e. The first kappa shape index (κ1) is 11.6.